The molecule has 3 atom stereocenters. The summed E-state index contributed by atoms with van der Waals surface area (Å²) in [4.78, 5) is 11.3. The summed E-state index contributed by atoms with van der Waals surface area (Å²) >= 11 is 0. The molecule has 0 unspecified atom stereocenters. The summed E-state index contributed by atoms with van der Waals surface area (Å²) in [6, 6.07) is 0. The number of carbonyl (C=O) groups is 1. The van der Waals surface area contributed by atoms with Crippen LogP contribution < -0.4 is 0 Å². The molecule has 5 nitrogen and oxygen atoms in total. The van der Waals surface area contributed by atoms with E-state index in [1.54, 1.807) is 0 Å². The largest absolute Gasteiger partial charge is 0.466 e. The smallest absolute Gasteiger partial charge is 0.305 e. The van der Waals surface area contributed by atoms with Crippen LogP contribution in [0.3, 0.4) is 0 Å². The van der Waals surface area contributed by atoms with Crippen LogP contribution in [0.4, 0.5) is 0 Å². The Bertz CT molecular complexity index is 442. The van der Waals surface area contributed by atoms with Gasteiger partial charge in [0.1, 0.15) is 0 Å². The highest BCUT2D eigenvalue weighted by molar-refractivity contribution is 5.69. The first-order chi connectivity index (χ1) is 17.0. The summed E-state index contributed by atoms with van der Waals surface area (Å²) in [7, 11) is 0. The molecule has 0 bridgehead atoms. The number of unbranched alkanes of at least 4 members (excludes halogenated alkanes) is 16. The van der Waals surface area contributed by atoms with E-state index in [2.05, 4.69) is 6.92 Å². The monoisotopic (exact) mass is 500 g/mol. The van der Waals surface area contributed by atoms with Crippen LogP contribution in [0.5, 0.6) is 0 Å². The predicted octanol–water partition coefficient (Wildman–Crippen LogP) is 7.62. The van der Waals surface area contributed by atoms with E-state index in [0.717, 1.165) is 44.9 Å². The number of esters is 1. The minimum absolute atomic E-state index is 0.0690. The molecule has 0 rings (SSSR count). The van der Waals surface area contributed by atoms with Gasteiger partial charge in [-0.25, -0.2) is 0 Å². The standard InChI is InChI=1S/C30H60O5/c1-3-5-6-7-8-14-17-20-23-28(32)29(33)26-25-27(31)22-19-16-13-11-9-10-12-15-18-21-24-30(34)35-4-2/h27-29,31-33H,3-26H2,1-2H3/t27-,28-,29-/m0/s1. The Labute approximate surface area is 217 Å². The lowest BCUT2D eigenvalue weighted by Crippen LogP contribution is -2.27. The van der Waals surface area contributed by atoms with Gasteiger partial charge in [-0.15, -0.1) is 0 Å². The van der Waals surface area contributed by atoms with E-state index in [1.165, 1.54) is 77.0 Å². The van der Waals surface area contributed by atoms with Gasteiger partial charge in [-0.05, 0) is 39.0 Å². The van der Waals surface area contributed by atoms with E-state index >= 15 is 0 Å². The number of carbonyl (C=O) groups excluding carboxylic acids is 1. The zero-order valence-electron chi connectivity index (χ0n) is 23.4. The predicted molar refractivity (Wildman–Crippen MR) is 147 cm³/mol. The highest BCUT2D eigenvalue weighted by Gasteiger charge is 2.17. The van der Waals surface area contributed by atoms with Crippen molar-refractivity contribution in [3.05, 3.63) is 0 Å². The van der Waals surface area contributed by atoms with Crippen molar-refractivity contribution in [1.29, 1.82) is 0 Å². The minimum Gasteiger partial charge on any atom is -0.466 e. The van der Waals surface area contributed by atoms with Gasteiger partial charge in [0.25, 0.3) is 0 Å². The average Bonchev–Trinajstić information content (AvgIpc) is 2.84. The molecule has 0 saturated carbocycles. The zero-order valence-corrected chi connectivity index (χ0v) is 23.4. The molecule has 0 aliphatic heterocycles. The van der Waals surface area contributed by atoms with Crippen molar-refractivity contribution in [2.75, 3.05) is 6.61 Å². The van der Waals surface area contributed by atoms with E-state index in [1.807, 2.05) is 6.92 Å². The lowest BCUT2D eigenvalue weighted by Gasteiger charge is -2.19. The molecular weight excluding hydrogens is 440 g/mol. The maximum absolute atomic E-state index is 11.3. The van der Waals surface area contributed by atoms with Gasteiger partial charge in [-0.3, -0.25) is 4.79 Å². The SMILES string of the molecule is CCCCCCCCCC[C@H](O)[C@@H](O)CC[C@@H](O)CCCCCCCCCCCCC(=O)OCC. The van der Waals surface area contributed by atoms with Crippen LogP contribution in [-0.4, -0.2) is 46.2 Å². The molecule has 0 aliphatic carbocycles. The fourth-order valence-corrected chi connectivity index (χ4v) is 4.68. The average molecular weight is 501 g/mol. The first-order valence-corrected chi connectivity index (χ1v) is 15.2. The molecule has 0 heterocycles. The number of hydrogen-bond acceptors (Lipinski definition) is 5. The molecule has 3 N–H and O–H groups in total. The van der Waals surface area contributed by atoms with Gasteiger partial charge in [-0.2, -0.15) is 0 Å². The third kappa shape index (κ3) is 24.8. The Morgan fingerprint density at radius 3 is 1.49 bits per heavy atom. The molecule has 0 aromatic carbocycles. The number of hydrogen-bond donors (Lipinski definition) is 3. The van der Waals surface area contributed by atoms with Crippen molar-refractivity contribution < 1.29 is 24.9 Å². The summed E-state index contributed by atoms with van der Waals surface area (Å²) in [5, 5.41) is 30.6. The second kappa shape index (κ2) is 26.4. The maximum Gasteiger partial charge on any atom is 0.305 e. The van der Waals surface area contributed by atoms with E-state index in [4.69, 9.17) is 4.74 Å². The van der Waals surface area contributed by atoms with Crippen molar-refractivity contribution in [2.24, 2.45) is 0 Å². The number of rotatable bonds is 27. The lowest BCUT2D eigenvalue weighted by molar-refractivity contribution is -0.143. The van der Waals surface area contributed by atoms with Gasteiger partial charge >= 0.3 is 5.97 Å². The molecule has 0 amide bonds. The first kappa shape index (κ1) is 34.4. The van der Waals surface area contributed by atoms with Gasteiger partial charge < -0.3 is 20.1 Å². The van der Waals surface area contributed by atoms with Gasteiger partial charge in [0.15, 0.2) is 0 Å². The molecule has 5 heteroatoms. The molecule has 35 heavy (non-hydrogen) atoms. The molecule has 0 fully saturated rings. The van der Waals surface area contributed by atoms with Gasteiger partial charge in [-0.1, -0.05) is 116 Å². The van der Waals surface area contributed by atoms with E-state index < -0.39 is 12.2 Å². The van der Waals surface area contributed by atoms with Crippen molar-refractivity contribution in [2.45, 2.75) is 180 Å². The van der Waals surface area contributed by atoms with Gasteiger partial charge in [0, 0.05) is 6.42 Å². The Morgan fingerprint density at radius 1 is 0.543 bits per heavy atom. The van der Waals surface area contributed by atoms with Crippen molar-refractivity contribution in [1.82, 2.24) is 0 Å². The molecule has 0 aliphatic rings. The van der Waals surface area contributed by atoms with Gasteiger partial charge in [0.2, 0.25) is 0 Å². The van der Waals surface area contributed by atoms with Crippen LogP contribution in [-0.2, 0) is 9.53 Å². The molecule has 0 saturated heterocycles. The van der Waals surface area contributed by atoms with E-state index in [-0.39, 0.29) is 12.1 Å². The summed E-state index contributed by atoms with van der Waals surface area (Å²) in [5.74, 6) is -0.0690. The summed E-state index contributed by atoms with van der Waals surface area (Å²) in [6.45, 7) is 4.56. The Balaban J connectivity index is 3.43. The Morgan fingerprint density at radius 2 is 0.971 bits per heavy atom. The molecule has 0 spiro atoms. The van der Waals surface area contributed by atoms with Crippen LogP contribution in [0.2, 0.25) is 0 Å². The molecule has 0 aromatic rings. The van der Waals surface area contributed by atoms with Crippen LogP contribution in [0, 0.1) is 0 Å². The third-order valence-electron chi connectivity index (χ3n) is 7.07. The van der Waals surface area contributed by atoms with Crippen molar-refractivity contribution >= 4 is 5.97 Å². The lowest BCUT2D eigenvalue weighted by atomic mass is 9.98. The van der Waals surface area contributed by atoms with Crippen molar-refractivity contribution in [3.8, 4) is 0 Å². The van der Waals surface area contributed by atoms with Gasteiger partial charge in [0.05, 0.1) is 24.9 Å². The fraction of sp³-hybridized carbons (Fsp3) is 0.967. The van der Waals surface area contributed by atoms with Crippen LogP contribution >= 0.6 is 0 Å². The summed E-state index contributed by atoms with van der Waals surface area (Å²) in [5.41, 5.74) is 0. The summed E-state index contributed by atoms with van der Waals surface area (Å²) in [6.07, 6.45) is 22.9. The molecule has 0 radical (unpaired) electrons. The highest BCUT2D eigenvalue weighted by Crippen LogP contribution is 2.17. The topological polar surface area (TPSA) is 87.0 Å². The van der Waals surface area contributed by atoms with Crippen molar-refractivity contribution in [3.63, 3.8) is 0 Å². The first-order valence-electron chi connectivity index (χ1n) is 15.2. The van der Waals surface area contributed by atoms with Crippen LogP contribution in [0.25, 0.3) is 0 Å². The Kier molecular flexibility index (Phi) is 25.9. The third-order valence-corrected chi connectivity index (χ3v) is 7.07. The Hall–Kier alpha value is -0.650. The maximum atomic E-state index is 11.3. The molecular formula is C30H60O5. The minimum atomic E-state index is -0.709. The number of ether oxygens (including phenoxy) is 1. The van der Waals surface area contributed by atoms with Crippen LogP contribution in [0.1, 0.15) is 162 Å². The molecule has 0 aromatic heterocycles. The molecule has 210 valence electrons. The summed E-state index contributed by atoms with van der Waals surface area (Å²) < 4.78 is 4.94. The quantitative estimate of drug-likeness (QED) is 0.0797. The van der Waals surface area contributed by atoms with Crippen LogP contribution in [0.15, 0.2) is 0 Å². The number of aliphatic hydroxyl groups is 3. The number of aliphatic hydroxyl groups excluding tert-OH is 3. The fourth-order valence-electron chi connectivity index (χ4n) is 4.68. The van der Waals surface area contributed by atoms with E-state index in [9.17, 15) is 20.1 Å². The second-order valence-corrected chi connectivity index (χ2v) is 10.5. The zero-order chi connectivity index (χ0) is 26.0. The normalized spacial score (nSPS) is 14.1. The highest BCUT2D eigenvalue weighted by atomic mass is 16.5. The van der Waals surface area contributed by atoms with E-state index in [0.29, 0.717) is 32.3 Å². The second-order valence-electron chi connectivity index (χ2n) is 10.5.